The first-order valence-corrected chi connectivity index (χ1v) is 5.89. The maximum atomic E-state index is 10.7. The molecule has 0 aliphatic heterocycles. The van der Waals surface area contributed by atoms with Gasteiger partial charge in [0.15, 0.2) is 0 Å². The van der Waals surface area contributed by atoms with Crippen LogP contribution in [0, 0.1) is 17.0 Å². The minimum absolute atomic E-state index is 0.0784. The number of nitro benzene ring substituents is 1. The molecule has 1 aromatic carbocycles. The highest BCUT2D eigenvalue weighted by Gasteiger charge is 2.11. The first kappa shape index (κ1) is 12.5. The molecule has 0 radical (unpaired) electrons. The van der Waals surface area contributed by atoms with Crippen molar-refractivity contribution in [2.24, 2.45) is 0 Å². The van der Waals surface area contributed by atoms with E-state index in [0.717, 1.165) is 4.47 Å². The molecule has 0 amide bonds. The molecular weight excluding hydrogens is 300 g/mol. The second-order valence-electron chi connectivity index (χ2n) is 3.65. The summed E-state index contributed by atoms with van der Waals surface area (Å²) >= 11 is 3.29. The standard InChI is InChI=1S/C12H9BrN2O3/c1-8-4-10(2-3-12(8)15(16)17)18-11-5-9(13)6-14-7-11/h2-7H,1H3. The zero-order chi connectivity index (χ0) is 13.1. The van der Waals surface area contributed by atoms with Gasteiger partial charge in [0.2, 0.25) is 0 Å². The summed E-state index contributed by atoms with van der Waals surface area (Å²) in [6.07, 6.45) is 3.22. The lowest BCUT2D eigenvalue weighted by molar-refractivity contribution is -0.385. The highest BCUT2D eigenvalue weighted by Crippen LogP contribution is 2.27. The summed E-state index contributed by atoms with van der Waals surface area (Å²) < 4.78 is 6.36. The molecule has 0 atom stereocenters. The minimum atomic E-state index is -0.417. The third-order valence-corrected chi connectivity index (χ3v) is 2.71. The van der Waals surface area contributed by atoms with Crippen LogP contribution in [0.25, 0.3) is 0 Å². The van der Waals surface area contributed by atoms with Gasteiger partial charge in [-0.25, -0.2) is 0 Å². The summed E-state index contributed by atoms with van der Waals surface area (Å²) in [5.74, 6) is 1.11. The van der Waals surface area contributed by atoms with Crippen LogP contribution in [0.3, 0.4) is 0 Å². The number of halogens is 1. The van der Waals surface area contributed by atoms with Gasteiger partial charge in [-0.1, -0.05) is 0 Å². The molecule has 0 spiro atoms. The number of nitro groups is 1. The fourth-order valence-corrected chi connectivity index (χ4v) is 1.82. The van der Waals surface area contributed by atoms with Crippen molar-refractivity contribution in [3.8, 4) is 11.5 Å². The van der Waals surface area contributed by atoms with Crippen molar-refractivity contribution < 1.29 is 9.66 Å². The minimum Gasteiger partial charge on any atom is -0.456 e. The van der Waals surface area contributed by atoms with E-state index in [2.05, 4.69) is 20.9 Å². The molecule has 6 heteroatoms. The molecule has 0 unspecified atom stereocenters. The monoisotopic (exact) mass is 308 g/mol. The number of pyridine rings is 1. The van der Waals surface area contributed by atoms with E-state index in [1.54, 1.807) is 37.5 Å². The van der Waals surface area contributed by atoms with E-state index in [9.17, 15) is 10.1 Å². The van der Waals surface area contributed by atoms with E-state index in [-0.39, 0.29) is 5.69 Å². The van der Waals surface area contributed by atoms with Gasteiger partial charge in [-0.15, -0.1) is 0 Å². The largest absolute Gasteiger partial charge is 0.456 e. The van der Waals surface area contributed by atoms with Crippen molar-refractivity contribution in [3.05, 3.63) is 56.8 Å². The fraction of sp³-hybridized carbons (Fsp3) is 0.0833. The SMILES string of the molecule is Cc1cc(Oc2cncc(Br)c2)ccc1[N+](=O)[O-]. The van der Waals surface area contributed by atoms with E-state index in [0.29, 0.717) is 17.1 Å². The quantitative estimate of drug-likeness (QED) is 0.638. The van der Waals surface area contributed by atoms with E-state index in [4.69, 9.17) is 4.74 Å². The van der Waals surface area contributed by atoms with Crippen LogP contribution in [0.1, 0.15) is 5.56 Å². The van der Waals surface area contributed by atoms with Gasteiger partial charge >= 0.3 is 0 Å². The molecule has 1 aromatic heterocycles. The fourth-order valence-electron chi connectivity index (χ4n) is 1.48. The molecule has 0 bridgehead atoms. The van der Waals surface area contributed by atoms with Gasteiger partial charge in [0, 0.05) is 22.3 Å². The zero-order valence-corrected chi connectivity index (χ0v) is 11.0. The second-order valence-corrected chi connectivity index (χ2v) is 4.56. The van der Waals surface area contributed by atoms with Crippen LogP contribution < -0.4 is 4.74 Å². The van der Waals surface area contributed by atoms with E-state index >= 15 is 0 Å². The van der Waals surface area contributed by atoms with E-state index < -0.39 is 4.92 Å². The lowest BCUT2D eigenvalue weighted by Gasteiger charge is -2.06. The Bertz CT molecular complexity index is 602. The molecule has 0 N–H and O–H groups in total. The Morgan fingerprint density at radius 1 is 1.28 bits per heavy atom. The maximum Gasteiger partial charge on any atom is 0.272 e. The van der Waals surface area contributed by atoms with Gasteiger partial charge in [-0.2, -0.15) is 0 Å². The number of hydrogen-bond donors (Lipinski definition) is 0. The Kier molecular flexibility index (Phi) is 3.57. The lowest BCUT2D eigenvalue weighted by atomic mass is 10.2. The van der Waals surface area contributed by atoms with Crippen LogP contribution in [-0.2, 0) is 0 Å². The van der Waals surface area contributed by atoms with Gasteiger partial charge in [0.25, 0.3) is 5.69 Å². The van der Waals surface area contributed by atoms with Crippen molar-refractivity contribution in [2.75, 3.05) is 0 Å². The molecule has 18 heavy (non-hydrogen) atoms. The topological polar surface area (TPSA) is 65.3 Å². The second kappa shape index (κ2) is 5.14. The Morgan fingerprint density at radius 3 is 2.67 bits per heavy atom. The average molecular weight is 309 g/mol. The van der Waals surface area contributed by atoms with Crippen LogP contribution in [0.15, 0.2) is 41.1 Å². The first-order valence-electron chi connectivity index (χ1n) is 5.10. The molecule has 0 aliphatic carbocycles. The Morgan fingerprint density at radius 2 is 2.06 bits per heavy atom. The number of benzene rings is 1. The van der Waals surface area contributed by atoms with Gasteiger partial charge < -0.3 is 4.74 Å². The highest BCUT2D eigenvalue weighted by atomic mass is 79.9. The average Bonchev–Trinajstić information content (AvgIpc) is 2.28. The molecule has 92 valence electrons. The third-order valence-electron chi connectivity index (χ3n) is 2.28. The van der Waals surface area contributed by atoms with Gasteiger partial charge in [-0.3, -0.25) is 15.1 Å². The molecule has 0 aliphatic rings. The molecule has 0 fully saturated rings. The predicted molar refractivity (Wildman–Crippen MR) is 69.8 cm³/mol. The molecular formula is C12H9BrN2O3. The first-order chi connectivity index (χ1) is 8.56. The Balaban J connectivity index is 2.25. The molecule has 2 aromatic rings. The molecule has 1 heterocycles. The van der Waals surface area contributed by atoms with E-state index in [1.807, 2.05) is 0 Å². The van der Waals surface area contributed by atoms with Crippen LogP contribution in [0.2, 0.25) is 0 Å². The van der Waals surface area contributed by atoms with Crippen molar-refractivity contribution in [1.82, 2.24) is 4.98 Å². The van der Waals surface area contributed by atoms with Crippen LogP contribution in [0.4, 0.5) is 5.69 Å². The highest BCUT2D eigenvalue weighted by molar-refractivity contribution is 9.10. The number of hydrogen-bond acceptors (Lipinski definition) is 4. The van der Waals surface area contributed by atoms with Crippen molar-refractivity contribution >= 4 is 21.6 Å². The summed E-state index contributed by atoms with van der Waals surface area (Å²) in [6, 6.07) is 6.38. The smallest absolute Gasteiger partial charge is 0.272 e. The predicted octanol–water partition coefficient (Wildman–Crippen LogP) is 3.85. The summed E-state index contributed by atoms with van der Waals surface area (Å²) in [4.78, 5) is 14.2. The van der Waals surface area contributed by atoms with Gasteiger partial charge in [-0.05, 0) is 41.1 Å². The molecule has 0 saturated carbocycles. The van der Waals surface area contributed by atoms with E-state index in [1.165, 1.54) is 6.07 Å². The van der Waals surface area contributed by atoms with Crippen molar-refractivity contribution in [1.29, 1.82) is 0 Å². The number of aryl methyl sites for hydroxylation is 1. The summed E-state index contributed by atoms with van der Waals surface area (Å²) in [5.41, 5.74) is 0.634. The Hall–Kier alpha value is -1.95. The third kappa shape index (κ3) is 2.84. The lowest BCUT2D eigenvalue weighted by Crippen LogP contribution is -1.92. The summed E-state index contributed by atoms with van der Waals surface area (Å²) in [6.45, 7) is 1.67. The van der Waals surface area contributed by atoms with Gasteiger partial charge in [0.1, 0.15) is 11.5 Å². The normalized spacial score (nSPS) is 10.1. The number of ether oxygens (including phenoxy) is 1. The molecule has 5 nitrogen and oxygen atoms in total. The van der Waals surface area contributed by atoms with Crippen molar-refractivity contribution in [3.63, 3.8) is 0 Å². The number of rotatable bonds is 3. The number of nitrogens with zero attached hydrogens (tertiary/aromatic N) is 2. The molecule has 0 saturated heterocycles. The molecule has 2 rings (SSSR count). The van der Waals surface area contributed by atoms with Crippen LogP contribution in [0.5, 0.6) is 11.5 Å². The maximum absolute atomic E-state index is 10.7. The van der Waals surface area contributed by atoms with Crippen LogP contribution >= 0.6 is 15.9 Å². The van der Waals surface area contributed by atoms with Crippen molar-refractivity contribution in [2.45, 2.75) is 6.92 Å². The van der Waals surface area contributed by atoms with Gasteiger partial charge in [0.05, 0.1) is 11.1 Å². The Labute approximate surface area is 112 Å². The van der Waals surface area contributed by atoms with Crippen LogP contribution in [-0.4, -0.2) is 9.91 Å². The summed E-state index contributed by atoms with van der Waals surface area (Å²) in [5, 5.41) is 10.7. The number of aromatic nitrogens is 1. The zero-order valence-electron chi connectivity index (χ0n) is 9.46. The summed E-state index contributed by atoms with van der Waals surface area (Å²) in [7, 11) is 0.